The SMILES string of the molecule is CCN1CCN(c2cc(F)cc([N+](=O)[O-])c2)CC1C. The fraction of sp³-hybridized carbons (Fsp3) is 0.538. The molecule has 19 heavy (non-hydrogen) atoms. The van der Waals surface area contributed by atoms with Crippen molar-refractivity contribution in [2.75, 3.05) is 31.1 Å². The number of nitro benzene ring substituents is 1. The summed E-state index contributed by atoms with van der Waals surface area (Å²) in [6, 6.07) is 4.12. The zero-order valence-electron chi connectivity index (χ0n) is 11.2. The number of rotatable bonds is 3. The van der Waals surface area contributed by atoms with Gasteiger partial charge in [-0.05, 0) is 19.5 Å². The summed E-state index contributed by atoms with van der Waals surface area (Å²) in [4.78, 5) is 14.6. The first-order chi connectivity index (χ1) is 9.01. The first-order valence-corrected chi connectivity index (χ1v) is 6.45. The molecule has 0 aromatic heterocycles. The molecule has 1 atom stereocenters. The van der Waals surface area contributed by atoms with E-state index in [9.17, 15) is 14.5 Å². The zero-order valence-corrected chi connectivity index (χ0v) is 11.2. The van der Waals surface area contributed by atoms with Crippen LogP contribution in [0, 0.1) is 15.9 Å². The van der Waals surface area contributed by atoms with Crippen molar-refractivity contribution in [3.05, 3.63) is 34.1 Å². The second-order valence-electron chi connectivity index (χ2n) is 4.85. The average Bonchev–Trinajstić information content (AvgIpc) is 2.37. The number of hydrogen-bond donors (Lipinski definition) is 0. The molecule has 1 aliphatic rings. The molecule has 0 aliphatic carbocycles. The summed E-state index contributed by atoms with van der Waals surface area (Å²) >= 11 is 0. The van der Waals surface area contributed by atoms with E-state index in [-0.39, 0.29) is 5.69 Å². The van der Waals surface area contributed by atoms with Gasteiger partial charge in [0.25, 0.3) is 5.69 Å². The van der Waals surface area contributed by atoms with Gasteiger partial charge < -0.3 is 4.90 Å². The van der Waals surface area contributed by atoms with Gasteiger partial charge in [0.15, 0.2) is 0 Å². The molecule has 0 N–H and O–H groups in total. The highest BCUT2D eigenvalue weighted by molar-refractivity contribution is 5.54. The first kappa shape index (κ1) is 13.7. The number of nitro groups is 1. The Labute approximate surface area is 111 Å². The number of nitrogens with zero attached hydrogens (tertiary/aromatic N) is 3. The van der Waals surface area contributed by atoms with Gasteiger partial charge >= 0.3 is 0 Å². The van der Waals surface area contributed by atoms with E-state index in [0.717, 1.165) is 32.2 Å². The maximum atomic E-state index is 13.4. The number of anilines is 1. The van der Waals surface area contributed by atoms with Gasteiger partial charge in [-0.2, -0.15) is 0 Å². The number of likely N-dealkylation sites (N-methyl/N-ethyl adjacent to an activating group) is 1. The number of benzene rings is 1. The van der Waals surface area contributed by atoms with Gasteiger partial charge in [-0.25, -0.2) is 4.39 Å². The zero-order chi connectivity index (χ0) is 14.0. The molecular formula is C13H18FN3O2. The summed E-state index contributed by atoms with van der Waals surface area (Å²) in [6.07, 6.45) is 0. The van der Waals surface area contributed by atoms with Crippen LogP contribution in [0.15, 0.2) is 18.2 Å². The van der Waals surface area contributed by atoms with Crippen LogP contribution >= 0.6 is 0 Å². The summed E-state index contributed by atoms with van der Waals surface area (Å²) in [6.45, 7) is 7.62. The van der Waals surface area contributed by atoms with Gasteiger partial charge in [0.05, 0.1) is 11.0 Å². The summed E-state index contributed by atoms with van der Waals surface area (Å²) in [5.74, 6) is -0.560. The van der Waals surface area contributed by atoms with Crippen molar-refractivity contribution in [1.29, 1.82) is 0 Å². The molecule has 0 spiro atoms. The topological polar surface area (TPSA) is 49.6 Å². The normalized spacial score (nSPS) is 20.6. The van der Waals surface area contributed by atoms with Crippen molar-refractivity contribution >= 4 is 11.4 Å². The lowest BCUT2D eigenvalue weighted by Crippen LogP contribution is -2.51. The smallest absolute Gasteiger partial charge is 0.274 e. The molecule has 104 valence electrons. The van der Waals surface area contributed by atoms with E-state index in [1.165, 1.54) is 12.1 Å². The minimum atomic E-state index is -0.560. The van der Waals surface area contributed by atoms with Crippen LogP contribution < -0.4 is 4.90 Å². The van der Waals surface area contributed by atoms with E-state index in [0.29, 0.717) is 11.7 Å². The van der Waals surface area contributed by atoms with E-state index >= 15 is 0 Å². The molecule has 6 heteroatoms. The fourth-order valence-corrected chi connectivity index (χ4v) is 2.55. The maximum absolute atomic E-state index is 13.4. The van der Waals surface area contributed by atoms with Crippen LogP contribution in [0.3, 0.4) is 0 Å². The predicted molar refractivity (Wildman–Crippen MR) is 72.0 cm³/mol. The number of non-ortho nitro benzene ring substituents is 1. The van der Waals surface area contributed by atoms with Crippen molar-refractivity contribution in [2.24, 2.45) is 0 Å². The van der Waals surface area contributed by atoms with Gasteiger partial charge in [0.1, 0.15) is 5.82 Å². The lowest BCUT2D eigenvalue weighted by atomic mass is 10.1. The largest absolute Gasteiger partial charge is 0.368 e. The van der Waals surface area contributed by atoms with Crippen molar-refractivity contribution in [2.45, 2.75) is 19.9 Å². The summed E-state index contributed by atoms with van der Waals surface area (Å²) in [5.41, 5.74) is 0.398. The van der Waals surface area contributed by atoms with Crippen LogP contribution in [0.2, 0.25) is 0 Å². The van der Waals surface area contributed by atoms with Crippen molar-refractivity contribution in [1.82, 2.24) is 4.90 Å². The van der Waals surface area contributed by atoms with Crippen molar-refractivity contribution in [3.63, 3.8) is 0 Å². The third-order valence-electron chi connectivity index (χ3n) is 3.61. The summed E-state index contributed by atoms with van der Waals surface area (Å²) in [7, 11) is 0. The molecule has 1 saturated heterocycles. The molecule has 1 fully saturated rings. The number of halogens is 1. The third kappa shape index (κ3) is 3.01. The Balaban J connectivity index is 2.21. The highest BCUT2D eigenvalue weighted by atomic mass is 19.1. The Morgan fingerprint density at radius 3 is 2.74 bits per heavy atom. The predicted octanol–water partition coefficient (Wildman–Crippen LogP) is 2.26. The highest BCUT2D eigenvalue weighted by Gasteiger charge is 2.24. The Bertz CT molecular complexity index is 481. The van der Waals surface area contributed by atoms with Crippen LogP contribution in [-0.4, -0.2) is 42.0 Å². The van der Waals surface area contributed by atoms with Gasteiger partial charge in [-0.1, -0.05) is 6.92 Å². The van der Waals surface area contributed by atoms with Crippen LogP contribution in [0.1, 0.15) is 13.8 Å². The van der Waals surface area contributed by atoms with Crippen LogP contribution in [0.4, 0.5) is 15.8 Å². The van der Waals surface area contributed by atoms with Crippen molar-refractivity contribution in [3.8, 4) is 0 Å². The second-order valence-corrected chi connectivity index (χ2v) is 4.85. The van der Waals surface area contributed by atoms with Gasteiger partial charge in [0, 0.05) is 37.4 Å². The molecule has 5 nitrogen and oxygen atoms in total. The standard InChI is InChI=1S/C13H18FN3O2/c1-3-15-4-5-16(9-10(15)2)12-6-11(14)7-13(8-12)17(18)19/h6-8,10H,3-5,9H2,1-2H3. The van der Waals surface area contributed by atoms with Crippen LogP contribution in [0.5, 0.6) is 0 Å². The minimum Gasteiger partial charge on any atom is -0.368 e. The van der Waals surface area contributed by atoms with Crippen molar-refractivity contribution < 1.29 is 9.31 Å². The van der Waals surface area contributed by atoms with E-state index in [1.54, 1.807) is 0 Å². The molecule has 1 aromatic carbocycles. The lowest BCUT2D eigenvalue weighted by Gasteiger charge is -2.40. The first-order valence-electron chi connectivity index (χ1n) is 6.45. The minimum absolute atomic E-state index is 0.194. The summed E-state index contributed by atoms with van der Waals surface area (Å²) < 4.78 is 13.4. The molecular weight excluding hydrogens is 249 g/mol. The van der Waals surface area contributed by atoms with E-state index in [1.807, 2.05) is 4.90 Å². The fourth-order valence-electron chi connectivity index (χ4n) is 2.55. The van der Waals surface area contributed by atoms with Gasteiger partial charge in [-0.15, -0.1) is 0 Å². The molecule has 2 rings (SSSR count). The van der Waals surface area contributed by atoms with Crippen LogP contribution in [0.25, 0.3) is 0 Å². The van der Waals surface area contributed by atoms with Gasteiger partial charge in [0.2, 0.25) is 0 Å². The molecule has 0 amide bonds. The quantitative estimate of drug-likeness (QED) is 0.622. The molecule has 1 aliphatic heterocycles. The molecule has 1 unspecified atom stereocenters. The average molecular weight is 267 g/mol. The monoisotopic (exact) mass is 267 g/mol. The lowest BCUT2D eigenvalue weighted by molar-refractivity contribution is -0.385. The molecule has 0 radical (unpaired) electrons. The van der Waals surface area contributed by atoms with E-state index < -0.39 is 10.7 Å². The molecule has 1 heterocycles. The number of hydrogen-bond acceptors (Lipinski definition) is 4. The third-order valence-corrected chi connectivity index (χ3v) is 3.61. The maximum Gasteiger partial charge on any atom is 0.274 e. The number of piperazine rings is 1. The highest BCUT2D eigenvalue weighted by Crippen LogP contribution is 2.25. The van der Waals surface area contributed by atoms with E-state index in [4.69, 9.17) is 0 Å². The molecule has 1 aromatic rings. The Morgan fingerprint density at radius 2 is 2.16 bits per heavy atom. The Kier molecular flexibility index (Phi) is 3.99. The van der Waals surface area contributed by atoms with Crippen LogP contribution in [-0.2, 0) is 0 Å². The second kappa shape index (κ2) is 5.52. The Morgan fingerprint density at radius 1 is 1.42 bits per heavy atom. The summed E-state index contributed by atoms with van der Waals surface area (Å²) in [5, 5.41) is 10.8. The molecule has 0 saturated carbocycles. The van der Waals surface area contributed by atoms with Gasteiger partial charge in [-0.3, -0.25) is 15.0 Å². The Hall–Kier alpha value is -1.69. The molecule has 0 bridgehead atoms. The van der Waals surface area contributed by atoms with E-state index in [2.05, 4.69) is 18.7 Å².